The lowest BCUT2D eigenvalue weighted by molar-refractivity contribution is 0.0995. The summed E-state index contributed by atoms with van der Waals surface area (Å²) in [7, 11) is 0. The minimum atomic E-state index is -0.512. The van der Waals surface area contributed by atoms with Crippen LogP contribution in [-0.4, -0.2) is 23.0 Å². The number of amides is 1. The number of nitrogens with one attached hydrogen (secondary N) is 1. The van der Waals surface area contributed by atoms with E-state index in [0.717, 1.165) is 18.5 Å². The lowest BCUT2D eigenvalue weighted by Gasteiger charge is -2.30. The molecule has 1 aliphatic carbocycles. The van der Waals surface area contributed by atoms with Gasteiger partial charge < -0.3 is 16.8 Å². The number of carbonyl (C=O) groups excluding carboxylic acids is 1. The molecule has 17 heavy (non-hydrogen) atoms. The standard InChI is InChI=1S/C12H18N4O/c13-9-3-1-2-4-10(9)16-8-5-6-15-11(7-8)12(14)17/h5-7,9-10H,1-4,13H2,(H2,14,17)(H,15,16). The van der Waals surface area contributed by atoms with Crippen molar-refractivity contribution in [3.63, 3.8) is 0 Å². The van der Waals surface area contributed by atoms with E-state index in [9.17, 15) is 4.79 Å². The van der Waals surface area contributed by atoms with E-state index in [1.54, 1.807) is 12.3 Å². The van der Waals surface area contributed by atoms with Crippen LogP contribution in [0, 0.1) is 0 Å². The second-order valence-corrected chi connectivity index (χ2v) is 4.49. The van der Waals surface area contributed by atoms with Gasteiger partial charge in [0, 0.05) is 24.0 Å². The lowest BCUT2D eigenvalue weighted by atomic mass is 9.91. The van der Waals surface area contributed by atoms with Crippen molar-refractivity contribution in [2.45, 2.75) is 37.8 Å². The molecule has 0 radical (unpaired) electrons. The zero-order chi connectivity index (χ0) is 12.3. The van der Waals surface area contributed by atoms with Gasteiger partial charge in [-0.25, -0.2) is 0 Å². The molecule has 92 valence electrons. The molecular formula is C12H18N4O. The highest BCUT2D eigenvalue weighted by Gasteiger charge is 2.21. The van der Waals surface area contributed by atoms with E-state index in [-0.39, 0.29) is 17.8 Å². The fraction of sp³-hybridized carbons (Fsp3) is 0.500. The maximum atomic E-state index is 11.0. The highest BCUT2D eigenvalue weighted by molar-refractivity contribution is 5.91. The van der Waals surface area contributed by atoms with E-state index in [1.807, 2.05) is 6.07 Å². The van der Waals surface area contributed by atoms with E-state index in [0.29, 0.717) is 0 Å². The number of aromatic nitrogens is 1. The number of pyridine rings is 1. The third kappa shape index (κ3) is 2.94. The monoisotopic (exact) mass is 234 g/mol. The fourth-order valence-corrected chi connectivity index (χ4v) is 2.21. The van der Waals surface area contributed by atoms with Gasteiger partial charge in [0.15, 0.2) is 0 Å². The van der Waals surface area contributed by atoms with Gasteiger partial charge in [0.05, 0.1) is 0 Å². The average Bonchev–Trinajstić information content (AvgIpc) is 2.32. The molecule has 2 atom stereocenters. The van der Waals surface area contributed by atoms with Crippen molar-refractivity contribution < 1.29 is 4.79 Å². The van der Waals surface area contributed by atoms with Crippen molar-refractivity contribution in [1.82, 2.24) is 4.98 Å². The van der Waals surface area contributed by atoms with Crippen molar-refractivity contribution in [2.75, 3.05) is 5.32 Å². The van der Waals surface area contributed by atoms with Crippen LogP contribution in [0.5, 0.6) is 0 Å². The topological polar surface area (TPSA) is 94.0 Å². The molecule has 0 aliphatic heterocycles. The smallest absolute Gasteiger partial charge is 0.267 e. The van der Waals surface area contributed by atoms with Crippen LogP contribution in [0.25, 0.3) is 0 Å². The predicted molar refractivity (Wildman–Crippen MR) is 66.6 cm³/mol. The quantitative estimate of drug-likeness (QED) is 0.723. The second-order valence-electron chi connectivity index (χ2n) is 4.49. The SMILES string of the molecule is NC(=O)c1cc(NC2CCCCC2N)ccn1. The van der Waals surface area contributed by atoms with Crippen LogP contribution in [0.3, 0.4) is 0 Å². The van der Waals surface area contributed by atoms with Gasteiger partial charge in [-0.05, 0) is 25.0 Å². The number of nitrogens with zero attached hydrogens (tertiary/aromatic N) is 1. The molecule has 1 heterocycles. The molecule has 1 aliphatic rings. The molecule has 5 nitrogen and oxygen atoms in total. The summed E-state index contributed by atoms with van der Waals surface area (Å²) in [6.45, 7) is 0. The van der Waals surface area contributed by atoms with Crippen LogP contribution in [0.4, 0.5) is 5.69 Å². The summed E-state index contributed by atoms with van der Waals surface area (Å²) in [5, 5.41) is 3.35. The normalized spacial score (nSPS) is 24.3. The summed E-state index contributed by atoms with van der Waals surface area (Å²) >= 11 is 0. The number of rotatable bonds is 3. The van der Waals surface area contributed by atoms with Crippen LogP contribution in [0.2, 0.25) is 0 Å². The summed E-state index contributed by atoms with van der Waals surface area (Å²) in [4.78, 5) is 14.9. The Labute approximate surface area is 101 Å². The van der Waals surface area contributed by atoms with Gasteiger partial charge in [0.1, 0.15) is 5.69 Å². The van der Waals surface area contributed by atoms with Crippen LogP contribution in [0.1, 0.15) is 36.2 Å². The van der Waals surface area contributed by atoms with Gasteiger partial charge in [0.25, 0.3) is 5.91 Å². The molecule has 0 bridgehead atoms. The molecule has 1 fully saturated rings. The molecule has 1 aromatic rings. The van der Waals surface area contributed by atoms with E-state index in [4.69, 9.17) is 11.5 Å². The van der Waals surface area contributed by atoms with Gasteiger partial charge in [0.2, 0.25) is 0 Å². The molecule has 0 spiro atoms. The van der Waals surface area contributed by atoms with Crippen molar-refractivity contribution in [1.29, 1.82) is 0 Å². The average molecular weight is 234 g/mol. The Bertz CT molecular complexity index is 407. The first-order valence-electron chi connectivity index (χ1n) is 5.95. The van der Waals surface area contributed by atoms with E-state index in [2.05, 4.69) is 10.3 Å². The number of primary amides is 1. The Morgan fingerprint density at radius 1 is 1.41 bits per heavy atom. The third-order valence-electron chi connectivity index (χ3n) is 3.18. The molecule has 0 aromatic carbocycles. The Balaban J connectivity index is 2.07. The second kappa shape index (κ2) is 5.14. The van der Waals surface area contributed by atoms with Crippen LogP contribution >= 0.6 is 0 Å². The van der Waals surface area contributed by atoms with Crippen molar-refractivity contribution >= 4 is 11.6 Å². The highest BCUT2D eigenvalue weighted by Crippen LogP contribution is 2.21. The Morgan fingerprint density at radius 2 is 2.18 bits per heavy atom. The fourth-order valence-electron chi connectivity index (χ4n) is 2.21. The zero-order valence-corrected chi connectivity index (χ0v) is 9.73. The minimum Gasteiger partial charge on any atom is -0.381 e. The van der Waals surface area contributed by atoms with Gasteiger partial charge in [-0.3, -0.25) is 9.78 Å². The molecule has 1 saturated carbocycles. The van der Waals surface area contributed by atoms with Crippen LogP contribution < -0.4 is 16.8 Å². The minimum absolute atomic E-state index is 0.175. The Morgan fingerprint density at radius 3 is 2.88 bits per heavy atom. The van der Waals surface area contributed by atoms with E-state index in [1.165, 1.54) is 12.8 Å². The molecule has 1 amide bonds. The number of hydrogen-bond donors (Lipinski definition) is 3. The van der Waals surface area contributed by atoms with E-state index >= 15 is 0 Å². The Hall–Kier alpha value is -1.62. The van der Waals surface area contributed by atoms with Crippen LogP contribution in [-0.2, 0) is 0 Å². The third-order valence-corrected chi connectivity index (χ3v) is 3.18. The maximum Gasteiger partial charge on any atom is 0.267 e. The lowest BCUT2D eigenvalue weighted by Crippen LogP contribution is -2.42. The number of anilines is 1. The maximum absolute atomic E-state index is 11.0. The van der Waals surface area contributed by atoms with Crippen LogP contribution in [0.15, 0.2) is 18.3 Å². The summed E-state index contributed by atoms with van der Waals surface area (Å²) < 4.78 is 0. The van der Waals surface area contributed by atoms with Crippen molar-refractivity contribution in [3.05, 3.63) is 24.0 Å². The summed E-state index contributed by atoms with van der Waals surface area (Å²) in [6, 6.07) is 3.94. The number of carbonyl (C=O) groups is 1. The van der Waals surface area contributed by atoms with Gasteiger partial charge in [-0.15, -0.1) is 0 Å². The largest absolute Gasteiger partial charge is 0.381 e. The molecule has 2 rings (SSSR count). The summed E-state index contributed by atoms with van der Waals surface area (Å²) in [5.41, 5.74) is 12.4. The first-order chi connectivity index (χ1) is 8.16. The van der Waals surface area contributed by atoms with Gasteiger partial charge >= 0.3 is 0 Å². The zero-order valence-electron chi connectivity index (χ0n) is 9.73. The van der Waals surface area contributed by atoms with Crippen molar-refractivity contribution in [2.24, 2.45) is 11.5 Å². The summed E-state index contributed by atoms with van der Waals surface area (Å²) in [6.07, 6.45) is 6.08. The Kier molecular flexibility index (Phi) is 3.58. The molecule has 5 N–H and O–H groups in total. The summed E-state index contributed by atoms with van der Waals surface area (Å²) in [5.74, 6) is -0.512. The highest BCUT2D eigenvalue weighted by atomic mass is 16.1. The predicted octanol–water partition coefficient (Wildman–Crippen LogP) is 0.862. The van der Waals surface area contributed by atoms with E-state index < -0.39 is 5.91 Å². The molecule has 5 heteroatoms. The molecule has 2 unspecified atom stereocenters. The van der Waals surface area contributed by atoms with Crippen molar-refractivity contribution in [3.8, 4) is 0 Å². The molecular weight excluding hydrogens is 216 g/mol. The van der Waals surface area contributed by atoms with Gasteiger partial charge in [-0.2, -0.15) is 0 Å². The first-order valence-corrected chi connectivity index (χ1v) is 5.95. The number of hydrogen-bond acceptors (Lipinski definition) is 4. The molecule has 1 aromatic heterocycles. The first kappa shape index (κ1) is 11.9. The van der Waals surface area contributed by atoms with Gasteiger partial charge in [-0.1, -0.05) is 12.8 Å². The number of nitrogens with two attached hydrogens (primary N) is 2. The molecule has 0 saturated heterocycles.